The number of hydrogen-bond acceptors (Lipinski definition) is 3. The first-order chi connectivity index (χ1) is 9.20. The molecule has 0 saturated heterocycles. The van der Waals surface area contributed by atoms with Gasteiger partial charge in [0.05, 0.1) is 0 Å². The SMILES string of the molecule is Cc1ccc(F)cc1C(CCc1ccncc1)NN. The quantitative estimate of drug-likeness (QED) is 0.641. The summed E-state index contributed by atoms with van der Waals surface area (Å²) in [4.78, 5) is 3.99. The highest BCUT2D eigenvalue weighted by Crippen LogP contribution is 2.22. The summed E-state index contributed by atoms with van der Waals surface area (Å²) < 4.78 is 13.3. The van der Waals surface area contributed by atoms with Crippen LogP contribution in [-0.4, -0.2) is 4.98 Å². The van der Waals surface area contributed by atoms with Crippen LogP contribution in [0.3, 0.4) is 0 Å². The van der Waals surface area contributed by atoms with E-state index >= 15 is 0 Å². The van der Waals surface area contributed by atoms with Crippen LogP contribution in [-0.2, 0) is 6.42 Å². The van der Waals surface area contributed by atoms with Crippen LogP contribution < -0.4 is 11.3 Å². The standard InChI is InChI=1S/C15H18FN3/c1-11-2-4-13(16)10-14(11)15(19-17)5-3-12-6-8-18-9-7-12/h2,4,6-10,15,19H,3,5,17H2,1H3. The molecule has 3 N–H and O–H groups in total. The van der Waals surface area contributed by atoms with Gasteiger partial charge in [0.2, 0.25) is 0 Å². The molecule has 0 aliphatic carbocycles. The molecule has 0 amide bonds. The predicted octanol–water partition coefficient (Wildman–Crippen LogP) is 2.67. The zero-order valence-corrected chi connectivity index (χ0v) is 10.9. The van der Waals surface area contributed by atoms with Gasteiger partial charge in [-0.3, -0.25) is 16.3 Å². The van der Waals surface area contributed by atoms with Crippen molar-refractivity contribution in [1.29, 1.82) is 0 Å². The fourth-order valence-electron chi connectivity index (χ4n) is 2.18. The molecule has 1 heterocycles. The van der Waals surface area contributed by atoms with Crippen molar-refractivity contribution < 1.29 is 4.39 Å². The van der Waals surface area contributed by atoms with Crippen LogP contribution in [0.5, 0.6) is 0 Å². The Morgan fingerprint density at radius 1 is 1.26 bits per heavy atom. The van der Waals surface area contributed by atoms with Gasteiger partial charge >= 0.3 is 0 Å². The molecule has 0 spiro atoms. The Balaban J connectivity index is 2.10. The molecular weight excluding hydrogens is 241 g/mol. The van der Waals surface area contributed by atoms with Crippen LogP contribution in [0.1, 0.15) is 29.2 Å². The predicted molar refractivity (Wildman–Crippen MR) is 73.8 cm³/mol. The Morgan fingerprint density at radius 2 is 2.00 bits per heavy atom. The van der Waals surface area contributed by atoms with Gasteiger partial charge in [0.1, 0.15) is 5.82 Å². The van der Waals surface area contributed by atoms with Gasteiger partial charge in [-0.1, -0.05) is 6.07 Å². The van der Waals surface area contributed by atoms with E-state index in [1.54, 1.807) is 24.5 Å². The van der Waals surface area contributed by atoms with Crippen molar-refractivity contribution in [3.8, 4) is 0 Å². The summed E-state index contributed by atoms with van der Waals surface area (Å²) >= 11 is 0. The summed E-state index contributed by atoms with van der Waals surface area (Å²) in [5, 5.41) is 0. The summed E-state index contributed by atoms with van der Waals surface area (Å²) in [6.45, 7) is 1.96. The zero-order chi connectivity index (χ0) is 13.7. The van der Waals surface area contributed by atoms with Gasteiger partial charge in [0.15, 0.2) is 0 Å². The largest absolute Gasteiger partial charge is 0.271 e. The molecule has 1 atom stereocenters. The molecule has 0 aliphatic rings. The molecular formula is C15H18FN3. The second-order valence-corrected chi connectivity index (χ2v) is 4.61. The molecule has 1 aromatic heterocycles. The van der Waals surface area contributed by atoms with E-state index < -0.39 is 0 Å². The average molecular weight is 259 g/mol. The van der Waals surface area contributed by atoms with Crippen molar-refractivity contribution in [1.82, 2.24) is 10.4 Å². The Hall–Kier alpha value is -1.78. The van der Waals surface area contributed by atoms with Gasteiger partial charge in [-0.25, -0.2) is 4.39 Å². The van der Waals surface area contributed by atoms with Gasteiger partial charge in [0.25, 0.3) is 0 Å². The Labute approximate surface area is 112 Å². The fraction of sp³-hybridized carbons (Fsp3) is 0.267. The number of benzene rings is 1. The molecule has 0 aliphatic heterocycles. The smallest absolute Gasteiger partial charge is 0.123 e. The maximum absolute atomic E-state index is 13.3. The summed E-state index contributed by atoms with van der Waals surface area (Å²) in [5.41, 5.74) is 5.93. The third kappa shape index (κ3) is 3.59. The first kappa shape index (κ1) is 13.6. The number of aryl methyl sites for hydroxylation is 2. The Bertz CT molecular complexity index is 528. The van der Waals surface area contributed by atoms with E-state index in [0.717, 1.165) is 24.0 Å². The molecule has 0 bridgehead atoms. The van der Waals surface area contributed by atoms with E-state index in [1.165, 1.54) is 11.6 Å². The molecule has 3 nitrogen and oxygen atoms in total. The third-order valence-corrected chi connectivity index (χ3v) is 3.29. The lowest BCUT2D eigenvalue weighted by molar-refractivity contribution is 0.509. The number of nitrogens with one attached hydrogen (secondary N) is 1. The highest BCUT2D eigenvalue weighted by Gasteiger charge is 2.13. The zero-order valence-electron chi connectivity index (χ0n) is 10.9. The van der Waals surface area contributed by atoms with Gasteiger partial charge in [-0.15, -0.1) is 0 Å². The number of nitrogens with zero attached hydrogens (tertiary/aromatic N) is 1. The van der Waals surface area contributed by atoms with Crippen molar-refractivity contribution in [3.05, 3.63) is 65.2 Å². The Kier molecular flexibility index (Phi) is 4.60. The normalized spacial score (nSPS) is 12.4. The van der Waals surface area contributed by atoms with E-state index in [9.17, 15) is 4.39 Å². The van der Waals surface area contributed by atoms with E-state index in [2.05, 4.69) is 10.4 Å². The van der Waals surface area contributed by atoms with Crippen molar-refractivity contribution in [3.63, 3.8) is 0 Å². The fourth-order valence-corrected chi connectivity index (χ4v) is 2.18. The first-order valence-corrected chi connectivity index (χ1v) is 6.32. The maximum atomic E-state index is 13.3. The number of pyridine rings is 1. The van der Waals surface area contributed by atoms with Crippen molar-refractivity contribution >= 4 is 0 Å². The van der Waals surface area contributed by atoms with E-state index in [0.29, 0.717) is 0 Å². The van der Waals surface area contributed by atoms with Gasteiger partial charge < -0.3 is 0 Å². The second kappa shape index (κ2) is 6.41. The van der Waals surface area contributed by atoms with Crippen LogP contribution in [0.25, 0.3) is 0 Å². The molecule has 100 valence electrons. The molecule has 19 heavy (non-hydrogen) atoms. The van der Waals surface area contributed by atoms with Crippen LogP contribution in [0.4, 0.5) is 4.39 Å². The topological polar surface area (TPSA) is 50.9 Å². The second-order valence-electron chi connectivity index (χ2n) is 4.61. The van der Waals surface area contributed by atoms with Gasteiger partial charge in [-0.05, 0) is 60.7 Å². The highest BCUT2D eigenvalue weighted by molar-refractivity contribution is 5.29. The van der Waals surface area contributed by atoms with Crippen LogP contribution >= 0.6 is 0 Å². The summed E-state index contributed by atoms with van der Waals surface area (Å²) in [7, 11) is 0. The molecule has 0 radical (unpaired) electrons. The van der Waals surface area contributed by atoms with E-state index in [4.69, 9.17) is 5.84 Å². The van der Waals surface area contributed by atoms with Crippen LogP contribution in [0.15, 0.2) is 42.7 Å². The minimum absolute atomic E-state index is 0.0520. The van der Waals surface area contributed by atoms with Crippen molar-refractivity contribution in [2.75, 3.05) is 0 Å². The highest BCUT2D eigenvalue weighted by atomic mass is 19.1. The summed E-state index contributed by atoms with van der Waals surface area (Å²) in [6, 6.07) is 8.70. The van der Waals surface area contributed by atoms with Gasteiger partial charge in [-0.2, -0.15) is 0 Å². The van der Waals surface area contributed by atoms with Gasteiger partial charge in [0, 0.05) is 18.4 Å². The number of hydrogen-bond donors (Lipinski definition) is 2. The first-order valence-electron chi connectivity index (χ1n) is 6.32. The van der Waals surface area contributed by atoms with E-state index in [1.807, 2.05) is 19.1 Å². The Morgan fingerprint density at radius 3 is 2.68 bits per heavy atom. The number of rotatable bonds is 5. The van der Waals surface area contributed by atoms with Crippen molar-refractivity contribution in [2.45, 2.75) is 25.8 Å². The van der Waals surface area contributed by atoms with Crippen molar-refractivity contribution in [2.24, 2.45) is 5.84 Å². The molecule has 2 rings (SSSR count). The third-order valence-electron chi connectivity index (χ3n) is 3.29. The molecule has 1 unspecified atom stereocenters. The number of nitrogens with two attached hydrogens (primary N) is 1. The average Bonchev–Trinajstić information content (AvgIpc) is 2.44. The number of aromatic nitrogens is 1. The molecule has 0 fully saturated rings. The number of hydrazine groups is 1. The van der Waals surface area contributed by atoms with E-state index in [-0.39, 0.29) is 11.9 Å². The molecule has 1 aromatic carbocycles. The summed E-state index contributed by atoms with van der Waals surface area (Å²) in [6.07, 6.45) is 5.22. The lowest BCUT2D eigenvalue weighted by atomic mass is 9.96. The number of halogens is 1. The van der Waals surface area contributed by atoms with Crippen LogP contribution in [0, 0.1) is 12.7 Å². The molecule has 2 aromatic rings. The van der Waals surface area contributed by atoms with Crippen LogP contribution in [0.2, 0.25) is 0 Å². The molecule has 4 heteroatoms. The minimum Gasteiger partial charge on any atom is -0.271 e. The lowest BCUT2D eigenvalue weighted by Crippen LogP contribution is -2.29. The lowest BCUT2D eigenvalue weighted by Gasteiger charge is -2.18. The maximum Gasteiger partial charge on any atom is 0.123 e. The minimum atomic E-state index is -0.232. The summed E-state index contributed by atoms with van der Waals surface area (Å²) in [5.74, 6) is 5.37. The molecule has 0 saturated carbocycles. The monoisotopic (exact) mass is 259 g/mol.